The summed E-state index contributed by atoms with van der Waals surface area (Å²) in [6, 6.07) is 20.2. The molecule has 0 spiro atoms. The summed E-state index contributed by atoms with van der Waals surface area (Å²) in [6.07, 6.45) is 2.34. The van der Waals surface area contributed by atoms with Gasteiger partial charge in [0.2, 0.25) is 5.91 Å². The van der Waals surface area contributed by atoms with E-state index in [0.717, 1.165) is 51.1 Å². The highest BCUT2D eigenvalue weighted by Gasteiger charge is 2.20. The molecule has 0 bridgehead atoms. The van der Waals surface area contributed by atoms with Gasteiger partial charge in [0.1, 0.15) is 0 Å². The SMILES string of the molecule is N#Cc1ccc(CCC(=O)N2CCN(CCc3ccccc3)CC2)cc1. The van der Waals surface area contributed by atoms with Crippen LogP contribution in [0.3, 0.4) is 0 Å². The van der Waals surface area contributed by atoms with Gasteiger partial charge in [-0.25, -0.2) is 0 Å². The predicted octanol–water partition coefficient (Wildman–Crippen LogP) is 2.88. The Bertz CT molecular complexity index is 741. The van der Waals surface area contributed by atoms with E-state index in [1.54, 1.807) is 0 Å². The molecule has 134 valence electrons. The molecule has 0 aliphatic carbocycles. The summed E-state index contributed by atoms with van der Waals surface area (Å²) in [5.41, 5.74) is 3.14. The first-order chi connectivity index (χ1) is 12.7. The smallest absolute Gasteiger partial charge is 0.222 e. The molecule has 0 unspecified atom stereocenters. The summed E-state index contributed by atoms with van der Waals surface area (Å²) < 4.78 is 0. The third-order valence-electron chi connectivity index (χ3n) is 5.00. The van der Waals surface area contributed by atoms with Gasteiger partial charge in [-0.3, -0.25) is 9.69 Å². The van der Waals surface area contributed by atoms with Crippen LogP contribution in [0.15, 0.2) is 54.6 Å². The number of hydrogen-bond donors (Lipinski definition) is 0. The number of hydrogen-bond acceptors (Lipinski definition) is 3. The van der Waals surface area contributed by atoms with Gasteiger partial charge in [0.05, 0.1) is 11.6 Å². The highest BCUT2D eigenvalue weighted by atomic mass is 16.2. The van der Waals surface area contributed by atoms with E-state index in [1.807, 2.05) is 35.2 Å². The highest BCUT2D eigenvalue weighted by Crippen LogP contribution is 2.10. The number of rotatable bonds is 6. The summed E-state index contributed by atoms with van der Waals surface area (Å²) in [5, 5.41) is 8.83. The van der Waals surface area contributed by atoms with Crippen molar-refractivity contribution in [2.24, 2.45) is 0 Å². The lowest BCUT2D eigenvalue weighted by Crippen LogP contribution is -2.49. The minimum absolute atomic E-state index is 0.233. The molecular weight excluding hydrogens is 322 g/mol. The van der Waals surface area contributed by atoms with Gasteiger partial charge < -0.3 is 4.90 Å². The van der Waals surface area contributed by atoms with E-state index in [2.05, 4.69) is 35.2 Å². The van der Waals surface area contributed by atoms with Crippen molar-refractivity contribution in [2.75, 3.05) is 32.7 Å². The van der Waals surface area contributed by atoms with Gasteiger partial charge in [0, 0.05) is 39.1 Å². The second-order valence-corrected chi connectivity index (χ2v) is 6.77. The standard InChI is InChI=1S/C22H25N3O/c23-18-21-8-6-20(7-9-21)10-11-22(26)25-16-14-24(15-17-25)13-12-19-4-2-1-3-5-19/h1-9H,10-17H2. The van der Waals surface area contributed by atoms with Crippen molar-refractivity contribution in [1.29, 1.82) is 5.26 Å². The molecule has 0 atom stereocenters. The number of aryl methyl sites for hydroxylation is 1. The van der Waals surface area contributed by atoms with Crippen LogP contribution in [0.4, 0.5) is 0 Å². The largest absolute Gasteiger partial charge is 0.340 e. The summed E-state index contributed by atoms with van der Waals surface area (Å²) in [4.78, 5) is 16.9. The number of amides is 1. The van der Waals surface area contributed by atoms with E-state index in [0.29, 0.717) is 12.0 Å². The molecule has 4 nitrogen and oxygen atoms in total. The molecule has 3 rings (SSSR count). The molecule has 1 amide bonds. The van der Waals surface area contributed by atoms with Gasteiger partial charge in [-0.1, -0.05) is 42.5 Å². The van der Waals surface area contributed by atoms with E-state index in [4.69, 9.17) is 5.26 Å². The number of nitriles is 1. The topological polar surface area (TPSA) is 47.3 Å². The van der Waals surface area contributed by atoms with Crippen LogP contribution in [0, 0.1) is 11.3 Å². The fourth-order valence-electron chi connectivity index (χ4n) is 3.31. The third-order valence-corrected chi connectivity index (χ3v) is 5.00. The van der Waals surface area contributed by atoms with Crippen LogP contribution in [0.25, 0.3) is 0 Å². The fraction of sp³-hybridized carbons (Fsp3) is 0.364. The number of benzene rings is 2. The molecular formula is C22H25N3O. The van der Waals surface area contributed by atoms with Crippen molar-refractivity contribution >= 4 is 5.91 Å². The van der Waals surface area contributed by atoms with Crippen LogP contribution in [0.5, 0.6) is 0 Å². The average molecular weight is 347 g/mol. The van der Waals surface area contributed by atoms with Crippen LogP contribution in [-0.4, -0.2) is 48.4 Å². The Labute approximate surface area is 155 Å². The normalized spacial score (nSPS) is 14.8. The Morgan fingerprint density at radius 2 is 1.54 bits per heavy atom. The van der Waals surface area contributed by atoms with Gasteiger partial charge in [0.25, 0.3) is 0 Å². The summed E-state index contributed by atoms with van der Waals surface area (Å²) in [5.74, 6) is 0.233. The zero-order chi connectivity index (χ0) is 18.2. The van der Waals surface area contributed by atoms with E-state index < -0.39 is 0 Å². The Kier molecular flexibility index (Phi) is 6.40. The number of carbonyl (C=O) groups is 1. The third kappa shape index (κ3) is 5.18. The Morgan fingerprint density at radius 1 is 0.885 bits per heavy atom. The van der Waals surface area contributed by atoms with E-state index in [9.17, 15) is 4.79 Å². The van der Waals surface area contributed by atoms with Crippen molar-refractivity contribution in [1.82, 2.24) is 9.80 Å². The maximum absolute atomic E-state index is 12.4. The van der Waals surface area contributed by atoms with Crippen molar-refractivity contribution in [3.63, 3.8) is 0 Å². The van der Waals surface area contributed by atoms with Gasteiger partial charge in [0.15, 0.2) is 0 Å². The molecule has 1 fully saturated rings. The van der Waals surface area contributed by atoms with Crippen LogP contribution in [0.2, 0.25) is 0 Å². The minimum Gasteiger partial charge on any atom is -0.340 e. The summed E-state index contributed by atoms with van der Waals surface area (Å²) in [6.45, 7) is 4.60. The number of nitrogens with zero attached hydrogens (tertiary/aromatic N) is 3. The zero-order valence-electron chi connectivity index (χ0n) is 15.1. The average Bonchev–Trinajstić information content (AvgIpc) is 2.72. The van der Waals surface area contributed by atoms with Crippen LogP contribution < -0.4 is 0 Å². The van der Waals surface area contributed by atoms with Crippen molar-refractivity contribution in [2.45, 2.75) is 19.3 Å². The molecule has 1 heterocycles. The molecule has 0 N–H and O–H groups in total. The minimum atomic E-state index is 0.233. The second kappa shape index (κ2) is 9.17. The Hall–Kier alpha value is -2.64. The van der Waals surface area contributed by atoms with Crippen LogP contribution in [-0.2, 0) is 17.6 Å². The fourth-order valence-corrected chi connectivity index (χ4v) is 3.31. The summed E-state index contributed by atoms with van der Waals surface area (Å²) >= 11 is 0. The first-order valence-electron chi connectivity index (χ1n) is 9.28. The van der Waals surface area contributed by atoms with Gasteiger partial charge in [-0.2, -0.15) is 5.26 Å². The molecule has 0 saturated carbocycles. The molecule has 0 radical (unpaired) electrons. The van der Waals surface area contributed by atoms with E-state index in [1.165, 1.54) is 5.56 Å². The number of carbonyl (C=O) groups excluding carboxylic acids is 1. The van der Waals surface area contributed by atoms with Crippen molar-refractivity contribution in [3.05, 3.63) is 71.3 Å². The monoisotopic (exact) mass is 347 g/mol. The number of piperazine rings is 1. The Balaban J connectivity index is 1.38. The molecule has 2 aromatic carbocycles. The molecule has 4 heteroatoms. The zero-order valence-corrected chi connectivity index (χ0v) is 15.1. The maximum atomic E-state index is 12.4. The Morgan fingerprint density at radius 3 is 2.19 bits per heavy atom. The quantitative estimate of drug-likeness (QED) is 0.807. The highest BCUT2D eigenvalue weighted by molar-refractivity contribution is 5.76. The molecule has 26 heavy (non-hydrogen) atoms. The van der Waals surface area contributed by atoms with Crippen molar-refractivity contribution in [3.8, 4) is 6.07 Å². The molecule has 1 aliphatic rings. The first kappa shape index (κ1) is 18.2. The molecule has 0 aromatic heterocycles. The first-order valence-corrected chi connectivity index (χ1v) is 9.28. The molecule has 1 aliphatic heterocycles. The van der Waals surface area contributed by atoms with Crippen molar-refractivity contribution < 1.29 is 4.79 Å². The lowest BCUT2D eigenvalue weighted by Gasteiger charge is -2.34. The van der Waals surface area contributed by atoms with Gasteiger partial charge in [-0.15, -0.1) is 0 Å². The van der Waals surface area contributed by atoms with Crippen LogP contribution >= 0.6 is 0 Å². The van der Waals surface area contributed by atoms with Gasteiger partial charge >= 0.3 is 0 Å². The van der Waals surface area contributed by atoms with E-state index >= 15 is 0 Å². The van der Waals surface area contributed by atoms with Crippen LogP contribution in [0.1, 0.15) is 23.1 Å². The maximum Gasteiger partial charge on any atom is 0.222 e. The lowest BCUT2D eigenvalue weighted by atomic mass is 10.1. The predicted molar refractivity (Wildman–Crippen MR) is 103 cm³/mol. The molecule has 1 saturated heterocycles. The molecule has 2 aromatic rings. The van der Waals surface area contributed by atoms with E-state index in [-0.39, 0.29) is 5.91 Å². The summed E-state index contributed by atoms with van der Waals surface area (Å²) in [7, 11) is 0. The lowest BCUT2D eigenvalue weighted by molar-refractivity contribution is -0.132. The second-order valence-electron chi connectivity index (χ2n) is 6.77. The van der Waals surface area contributed by atoms with Gasteiger partial charge in [-0.05, 0) is 36.1 Å².